The summed E-state index contributed by atoms with van der Waals surface area (Å²) in [5.74, 6) is -1.08. The van der Waals surface area contributed by atoms with E-state index in [0.29, 0.717) is 11.8 Å². The van der Waals surface area contributed by atoms with E-state index in [9.17, 15) is 14.4 Å². The summed E-state index contributed by atoms with van der Waals surface area (Å²) < 4.78 is 9.87. The highest BCUT2D eigenvalue weighted by Crippen LogP contribution is 2.29. The van der Waals surface area contributed by atoms with E-state index < -0.39 is 17.4 Å². The summed E-state index contributed by atoms with van der Waals surface area (Å²) in [4.78, 5) is 35.4. The van der Waals surface area contributed by atoms with Gasteiger partial charge in [0, 0.05) is 6.42 Å². The molecule has 114 valence electrons. The van der Waals surface area contributed by atoms with E-state index in [1.165, 1.54) is 0 Å². The Hall–Kier alpha value is -2.17. The first-order valence-corrected chi connectivity index (χ1v) is 6.95. The Kier molecular flexibility index (Phi) is 6.59. The minimum absolute atomic E-state index is 0.0260. The Balaban J connectivity index is 3.06. The number of carbonyl (C=O) groups is 3. The Morgan fingerprint density at radius 2 is 1.71 bits per heavy atom. The van der Waals surface area contributed by atoms with Crippen LogP contribution in [0.1, 0.15) is 32.3 Å². The molecule has 0 aliphatic heterocycles. The van der Waals surface area contributed by atoms with Gasteiger partial charge in [-0.1, -0.05) is 30.3 Å². The van der Waals surface area contributed by atoms with Crippen molar-refractivity contribution in [3.8, 4) is 0 Å². The molecule has 1 aromatic rings. The SMILES string of the molecule is CCOC(=O)CC[C@](C=O)(C(=O)OCC)c1ccccc1. The minimum atomic E-state index is -1.47. The monoisotopic (exact) mass is 292 g/mol. The molecule has 0 spiro atoms. The van der Waals surface area contributed by atoms with Gasteiger partial charge in [-0.25, -0.2) is 0 Å². The average molecular weight is 292 g/mol. The molecule has 1 rings (SSSR count). The number of hydrogen-bond acceptors (Lipinski definition) is 5. The van der Waals surface area contributed by atoms with Gasteiger partial charge < -0.3 is 14.3 Å². The summed E-state index contributed by atoms with van der Waals surface area (Å²) in [6.07, 6.45) is 0.554. The second kappa shape index (κ2) is 8.19. The summed E-state index contributed by atoms with van der Waals surface area (Å²) >= 11 is 0. The normalized spacial score (nSPS) is 13.0. The predicted octanol–water partition coefficient (Wildman–Crippen LogP) is 2.03. The van der Waals surface area contributed by atoms with Crippen molar-refractivity contribution < 1.29 is 23.9 Å². The Labute approximate surface area is 124 Å². The van der Waals surface area contributed by atoms with Crippen LogP contribution in [0.5, 0.6) is 0 Å². The van der Waals surface area contributed by atoms with Gasteiger partial charge in [-0.15, -0.1) is 0 Å². The van der Waals surface area contributed by atoms with E-state index in [2.05, 4.69) is 0 Å². The number of esters is 2. The van der Waals surface area contributed by atoms with Crippen molar-refractivity contribution in [1.29, 1.82) is 0 Å². The second-order valence-electron chi connectivity index (χ2n) is 4.48. The van der Waals surface area contributed by atoms with E-state index in [4.69, 9.17) is 9.47 Å². The molecule has 0 saturated carbocycles. The van der Waals surface area contributed by atoms with E-state index in [0.717, 1.165) is 0 Å². The van der Waals surface area contributed by atoms with Crippen LogP contribution >= 0.6 is 0 Å². The third-order valence-electron chi connectivity index (χ3n) is 3.16. The lowest BCUT2D eigenvalue weighted by Crippen LogP contribution is -2.40. The third-order valence-corrected chi connectivity index (χ3v) is 3.16. The number of rotatable bonds is 8. The van der Waals surface area contributed by atoms with Crippen LogP contribution in [0.2, 0.25) is 0 Å². The van der Waals surface area contributed by atoms with Gasteiger partial charge in [0.15, 0.2) is 0 Å². The Morgan fingerprint density at radius 1 is 1.10 bits per heavy atom. The molecule has 0 saturated heterocycles. The summed E-state index contributed by atoms with van der Waals surface area (Å²) in [5, 5.41) is 0. The summed E-state index contributed by atoms with van der Waals surface area (Å²) in [6, 6.07) is 8.61. The molecule has 0 aliphatic rings. The van der Waals surface area contributed by atoms with Crippen LogP contribution in [0.4, 0.5) is 0 Å². The van der Waals surface area contributed by atoms with E-state index in [-0.39, 0.29) is 26.1 Å². The zero-order valence-electron chi connectivity index (χ0n) is 12.3. The van der Waals surface area contributed by atoms with Gasteiger partial charge in [-0.05, 0) is 25.8 Å². The van der Waals surface area contributed by atoms with Crippen molar-refractivity contribution in [3.05, 3.63) is 35.9 Å². The molecular weight excluding hydrogens is 272 g/mol. The van der Waals surface area contributed by atoms with E-state index in [1.54, 1.807) is 44.2 Å². The average Bonchev–Trinajstić information content (AvgIpc) is 2.50. The van der Waals surface area contributed by atoms with Crippen molar-refractivity contribution in [2.24, 2.45) is 0 Å². The van der Waals surface area contributed by atoms with Gasteiger partial charge in [0.25, 0.3) is 0 Å². The fourth-order valence-corrected chi connectivity index (χ4v) is 2.07. The molecule has 21 heavy (non-hydrogen) atoms. The summed E-state index contributed by atoms with van der Waals surface area (Å²) in [5.41, 5.74) is -0.952. The molecular formula is C16H20O5. The molecule has 0 fully saturated rings. The van der Waals surface area contributed by atoms with Gasteiger partial charge in [-0.3, -0.25) is 9.59 Å². The van der Waals surface area contributed by atoms with E-state index >= 15 is 0 Å². The highest BCUT2D eigenvalue weighted by atomic mass is 16.5. The molecule has 0 unspecified atom stereocenters. The lowest BCUT2D eigenvalue weighted by atomic mass is 9.78. The standard InChI is InChI=1S/C16H20O5/c1-3-20-14(18)10-11-16(12-17,15(19)21-4-2)13-8-6-5-7-9-13/h5-9,12H,3-4,10-11H2,1-2H3/t16-/m1/s1. The topological polar surface area (TPSA) is 69.7 Å². The van der Waals surface area contributed by atoms with Crippen molar-refractivity contribution in [3.63, 3.8) is 0 Å². The molecule has 0 radical (unpaired) electrons. The molecule has 1 aromatic carbocycles. The maximum atomic E-state index is 12.3. The quantitative estimate of drug-likeness (QED) is 0.416. The zero-order chi connectivity index (χ0) is 15.7. The van der Waals surface area contributed by atoms with Crippen LogP contribution in [0, 0.1) is 0 Å². The third kappa shape index (κ3) is 4.15. The number of benzene rings is 1. The molecule has 0 heterocycles. The van der Waals surface area contributed by atoms with Crippen LogP contribution in [0.15, 0.2) is 30.3 Å². The lowest BCUT2D eigenvalue weighted by Gasteiger charge is -2.25. The molecule has 1 atom stereocenters. The number of carbonyl (C=O) groups excluding carboxylic acids is 3. The van der Waals surface area contributed by atoms with Crippen LogP contribution in [0.25, 0.3) is 0 Å². The number of ether oxygens (including phenoxy) is 2. The maximum absolute atomic E-state index is 12.3. The molecule has 0 aliphatic carbocycles. The van der Waals surface area contributed by atoms with Crippen molar-refractivity contribution in [2.45, 2.75) is 32.1 Å². The predicted molar refractivity (Wildman–Crippen MR) is 76.7 cm³/mol. The van der Waals surface area contributed by atoms with Crippen LogP contribution < -0.4 is 0 Å². The molecule has 5 heteroatoms. The largest absolute Gasteiger partial charge is 0.466 e. The Morgan fingerprint density at radius 3 is 2.24 bits per heavy atom. The number of aldehydes is 1. The lowest BCUT2D eigenvalue weighted by molar-refractivity contribution is -0.152. The van der Waals surface area contributed by atoms with Gasteiger partial charge in [0.05, 0.1) is 13.2 Å². The second-order valence-corrected chi connectivity index (χ2v) is 4.48. The smallest absolute Gasteiger partial charge is 0.323 e. The highest BCUT2D eigenvalue weighted by molar-refractivity contribution is 6.00. The Bertz CT molecular complexity index is 483. The van der Waals surface area contributed by atoms with Gasteiger partial charge in [0.2, 0.25) is 0 Å². The first-order valence-electron chi connectivity index (χ1n) is 6.95. The number of hydrogen-bond donors (Lipinski definition) is 0. The van der Waals surface area contributed by atoms with Crippen molar-refractivity contribution >= 4 is 18.2 Å². The van der Waals surface area contributed by atoms with Crippen molar-refractivity contribution in [1.82, 2.24) is 0 Å². The zero-order valence-corrected chi connectivity index (χ0v) is 12.3. The van der Waals surface area contributed by atoms with Gasteiger partial charge in [-0.2, -0.15) is 0 Å². The van der Waals surface area contributed by atoms with Gasteiger partial charge >= 0.3 is 11.9 Å². The molecule has 0 N–H and O–H groups in total. The van der Waals surface area contributed by atoms with Gasteiger partial charge in [0.1, 0.15) is 11.7 Å². The van der Waals surface area contributed by atoms with Crippen LogP contribution in [-0.2, 0) is 29.3 Å². The first-order chi connectivity index (χ1) is 10.1. The molecule has 0 bridgehead atoms. The van der Waals surface area contributed by atoms with Crippen LogP contribution in [0.3, 0.4) is 0 Å². The highest BCUT2D eigenvalue weighted by Gasteiger charge is 2.42. The maximum Gasteiger partial charge on any atom is 0.323 e. The first kappa shape index (κ1) is 16.9. The fraction of sp³-hybridized carbons (Fsp3) is 0.438. The molecule has 0 amide bonds. The summed E-state index contributed by atoms with van der Waals surface area (Å²) in [6.45, 7) is 3.80. The van der Waals surface area contributed by atoms with Crippen molar-refractivity contribution in [2.75, 3.05) is 13.2 Å². The van der Waals surface area contributed by atoms with Crippen LogP contribution in [-0.4, -0.2) is 31.4 Å². The summed E-state index contributed by atoms with van der Waals surface area (Å²) in [7, 11) is 0. The fourth-order valence-electron chi connectivity index (χ4n) is 2.07. The molecule has 0 aromatic heterocycles. The molecule has 5 nitrogen and oxygen atoms in total. The minimum Gasteiger partial charge on any atom is -0.466 e. The van der Waals surface area contributed by atoms with E-state index in [1.807, 2.05) is 0 Å².